The highest BCUT2D eigenvalue weighted by molar-refractivity contribution is 6.30. The summed E-state index contributed by atoms with van der Waals surface area (Å²) in [7, 11) is 0. The van der Waals surface area contributed by atoms with Crippen molar-refractivity contribution in [2.45, 2.75) is 6.42 Å². The van der Waals surface area contributed by atoms with Gasteiger partial charge in [0, 0.05) is 46.3 Å². The third-order valence-corrected chi connectivity index (χ3v) is 4.79. The number of hydrogen-bond acceptors (Lipinski definition) is 1. The lowest BCUT2D eigenvalue weighted by Gasteiger charge is -2.26. The van der Waals surface area contributed by atoms with Gasteiger partial charge in [-0.1, -0.05) is 23.7 Å². The summed E-state index contributed by atoms with van der Waals surface area (Å²) in [5.74, 6) is -0.268. The second kappa shape index (κ2) is 6.37. The summed E-state index contributed by atoms with van der Waals surface area (Å²) in [6.07, 6.45) is 4.74. The van der Waals surface area contributed by atoms with Crippen molar-refractivity contribution in [1.82, 2.24) is 9.88 Å². The molecule has 3 aromatic rings. The summed E-state index contributed by atoms with van der Waals surface area (Å²) >= 11 is 5.97. The Bertz CT molecular complexity index is 992. The second-order valence-corrected chi connectivity index (χ2v) is 6.57. The molecule has 1 N–H and O–H groups in total. The van der Waals surface area contributed by atoms with Crippen LogP contribution in [-0.2, 0) is 0 Å². The van der Waals surface area contributed by atoms with Gasteiger partial charge in [0.25, 0.3) is 5.91 Å². The Balaban J connectivity index is 1.56. The van der Waals surface area contributed by atoms with Crippen LogP contribution in [0.15, 0.2) is 54.7 Å². The number of nitrogens with one attached hydrogen (secondary N) is 1. The minimum Gasteiger partial charge on any atom is -0.360 e. The zero-order chi connectivity index (χ0) is 17.4. The van der Waals surface area contributed by atoms with Gasteiger partial charge in [0.2, 0.25) is 0 Å². The SMILES string of the molecule is O=C(c1cccc(Cl)c1)N1CC=C(c2c[nH]c3cc(F)ccc23)CC1. The van der Waals surface area contributed by atoms with E-state index >= 15 is 0 Å². The molecular formula is C20H16ClFN2O. The lowest BCUT2D eigenvalue weighted by atomic mass is 9.98. The quantitative estimate of drug-likeness (QED) is 0.698. The van der Waals surface area contributed by atoms with E-state index in [1.54, 1.807) is 30.3 Å². The van der Waals surface area contributed by atoms with Crippen LogP contribution in [0.3, 0.4) is 0 Å². The average molecular weight is 355 g/mol. The van der Waals surface area contributed by atoms with Gasteiger partial charge < -0.3 is 9.88 Å². The maximum absolute atomic E-state index is 13.3. The standard InChI is InChI=1S/C20H16ClFN2O/c21-15-3-1-2-14(10-15)20(25)24-8-6-13(7-9-24)18-12-23-19-11-16(22)4-5-17(18)19/h1-6,10-12,23H,7-9H2. The molecule has 25 heavy (non-hydrogen) atoms. The molecule has 5 heteroatoms. The van der Waals surface area contributed by atoms with Crippen molar-refractivity contribution in [1.29, 1.82) is 0 Å². The second-order valence-electron chi connectivity index (χ2n) is 6.13. The fraction of sp³-hybridized carbons (Fsp3) is 0.150. The Kier molecular flexibility index (Phi) is 4.06. The molecule has 1 aliphatic rings. The van der Waals surface area contributed by atoms with Crippen LogP contribution in [0.2, 0.25) is 5.02 Å². The number of aromatic nitrogens is 1. The molecule has 3 nitrogen and oxygen atoms in total. The van der Waals surface area contributed by atoms with Crippen LogP contribution >= 0.6 is 11.6 Å². The zero-order valence-electron chi connectivity index (χ0n) is 13.4. The average Bonchev–Trinajstić information content (AvgIpc) is 3.04. The lowest BCUT2D eigenvalue weighted by molar-refractivity contribution is 0.0773. The number of aromatic amines is 1. The van der Waals surface area contributed by atoms with E-state index in [9.17, 15) is 9.18 Å². The topological polar surface area (TPSA) is 36.1 Å². The van der Waals surface area contributed by atoms with Crippen LogP contribution in [0, 0.1) is 5.82 Å². The molecule has 1 aliphatic heterocycles. The van der Waals surface area contributed by atoms with Gasteiger partial charge in [-0.2, -0.15) is 0 Å². The van der Waals surface area contributed by atoms with Crippen LogP contribution in [0.5, 0.6) is 0 Å². The molecule has 0 atom stereocenters. The van der Waals surface area contributed by atoms with Crippen molar-refractivity contribution >= 4 is 34.0 Å². The molecule has 2 heterocycles. The van der Waals surface area contributed by atoms with E-state index < -0.39 is 0 Å². The zero-order valence-corrected chi connectivity index (χ0v) is 14.2. The molecule has 1 aromatic heterocycles. The Labute approximate surface area is 149 Å². The molecular weight excluding hydrogens is 339 g/mol. The highest BCUT2D eigenvalue weighted by Crippen LogP contribution is 2.30. The molecule has 126 valence electrons. The molecule has 0 bridgehead atoms. The molecule has 0 saturated heterocycles. The van der Waals surface area contributed by atoms with Crippen LogP contribution in [-0.4, -0.2) is 28.9 Å². The first-order chi connectivity index (χ1) is 12.1. The number of benzene rings is 2. The van der Waals surface area contributed by atoms with Gasteiger partial charge in [0.15, 0.2) is 0 Å². The number of carbonyl (C=O) groups is 1. The van der Waals surface area contributed by atoms with Crippen molar-refractivity contribution in [2.75, 3.05) is 13.1 Å². The highest BCUT2D eigenvalue weighted by atomic mass is 35.5. The third kappa shape index (κ3) is 3.05. The Morgan fingerprint density at radius 3 is 2.84 bits per heavy atom. The number of amides is 1. The molecule has 0 fully saturated rings. The van der Waals surface area contributed by atoms with Gasteiger partial charge in [0.05, 0.1) is 0 Å². The summed E-state index contributed by atoms with van der Waals surface area (Å²) in [6, 6.07) is 11.8. The van der Waals surface area contributed by atoms with E-state index in [4.69, 9.17) is 11.6 Å². The van der Waals surface area contributed by atoms with Crippen LogP contribution in [0.4, 0.5) is 4.39 Å². The summed E-state index contributed by atoms with van der Waals surface area (Å²) in [5, 5.41) is 1.56. The fourth-order valence-electron chi connectivity index (χ4n) is 3.27. The summed E-state index contributed by atoms with van der Waals surface area (Å²) in [6.45, 7) is 1.19. The Morgan fingerprint density at radius 2 is 2.08 bits per heavy atom. The van der Waals surface area contributed by atoms with E-state index in [-0.39, 0.29) is 11.7 Å². The first-order valence-electron chi connectivity index (χ1n) is 8.13. The molecule has 0 spiro atoms. The van der Waals surface area contributed by atoms with Crippen molar-refractivity contribution < 1.29 is 9.18 Å². The van der Waals surface area contributed by atoms with E-state index in [0.717, 1.165) is 22.9 Å². The van der Waals surface area contributed by atoms with Gasteiger partial charge in [-0.05, 0) is 48.4 Å². The van der Waals surface area contributed by atoms with Crippen molar-refractivity contribution in [3.63, 3.8) is 0 Å². The first-order valence-corrected chi connectivity index (χ1v) is 8.50. The predicted octanol–water partition coefficient (Wildman–Crippen LogP) is 4.89. The van der Waals surface area contributed by atoms with Gasteiger partial charge in [-0.25, -0.2) is 4.39 Å². The van der Waals surface area contributed by atoms with Crippen LogP contribution in [0.1, 0.15) is 22.3 Å². The number of rotatable bonds is 2. The highest BCUT2D eigenvalue weighted by Gasteiger charge is 2.20. The van der Waals surface area contributed by atoms with Gasteiger partial charge in [0.1, 0.15) is 5.82 Å². The monoisotopic (exact) mass is 354 g/mol. The smallest absolute Gasteiger partial charge is 0.254 e. The summed E-state index contributed by atoms with van der Waals surface area (Å²) in [5.41, 5.74) is 3.64. The summed E-state index contributed by atoms with van der Waals surface area (Å²) in [4.78, 5) is 17.5. The Hall–Kier alpha value is -2.59. The molecule has 4 rings (SSSR count). The number of carbonyl (C=O) groups excluding carboxylic acids is 1. The van der Waals surface area contributed by atoms with Gasteiger partial charge >= 0.3 is 0 Å². The predicted molar refractivity (Wildman–Crippen MR) is 98.2 cm³/mol. The number of H-pyrrole nitrogens is 1. The van der Waals surface area contributed by atoms with Crippen molar-refractivity contribution in [3.8, 4) is 0 Å². The number of hydrogen-bond donors (Lipinski definition) is 1. The molecule has 0 aliphatic carbocycles. The third-order valence-electron chi connectivity index (χ3n) is 4.56. The first kappa shape index (κ1) is 15.9. The van der Waals surface area contributed by atoms with E-state index in [1.165, 1.54) is 17.7 Å². The largest absolute Gasteiger partial charge is 0.360 e. The van der Waals surface area contributed by atoms with E-state index in [2.05, 4.69) is 11.1 Å². The van der Waals surface area contributed by atoms with E-state index in [1.807, 2.05) is 11.1 Å². The molecule has 1 amide bonds. The lowest BCUT2D eigenvalue weighted by Crippen LogP contribution is -2.34. The number of halogens is 2. The van der Waals surface area contributed by atoms with Crippen molar-refractivity contribution in [3.05, 3.63) is 76.7 Å². The molecule has 0 saturated carbocycles. The van der Waals surface area contributed by atoms with Gasteiger partial charge in [-0.15, -0.1) is 0 Å². The van der Waals surface area contributed by atoms with Crippen molar-refractivity contribution in [2.24, 2.45) is 0 Å². The Morgan fingerprint density at radius 1 is 1.20 bits per heavy atom. The summed E-state index contributed by atoms with van der Waals surface area (Å²) < 4.78 is 13.3. The minimum atomic E-state index is -0.253. The maximum atomic E-state index is 13.3. The van der Waals surface area contributed by atoms with Gasteiger partial charge in [-0.3, -0.25) is 4.79 Å². The molecule has 0 unspecified atom stereocenters. The normalized spacial score (nSPS) is 14.6. The fourth-order valence-corrected chi connectivity index (χ4v) is 3.46. The number of nitrogens with zero attached hydrogens (tertiary/aromatic N) is 1. The molecule has 0 radical (unpaired) electrons. The maximum Gasteiger partial charge on any atom is 0.254 e. The minimum absolute atomic E-state index is 0.0150. The van der Waals surface area contributed by atoms with Crippen LogP contribution < -0.4 is 0 Å². The number of fused-ring (bicyclic) bond motifs is 1. The van der Waals surface area contributed by atoms with E-state index in [0.29, 0.717) is 23.7 Å². The molecule has 2 aromatic carbocycles. The van der Waals surface area contributed by atoms with Crippen LogP contribution in [0.25, 0.3) is 16.5 Å².